The zero-order chi connectivity index (χ0) is 12.9. The van der Waals surface area contributed by atoms with Gasteiger partial charge in [0.15, 0.2) is 0 Å². The topological polar surface area (TPSA) is 46.2 Å². The smallest absolute Gasteiger partial charge is 0.232 e. The van der Waals surface area contributed by atoms with Crippen molar-refractivity contribution < 1.29 is 12.8 Å². The number of hydrogen-bond donors (Lipinski definition) is 1. The molecular weight excluding hydrogens is 288 g/mol. The number of unbranched alkanes of at least 4 members (excludes halogenated alkanes) is 1. The van der Waals surface area contributed by atoms with Crippen LogP contribution in [0.5, 0.6) is 0 Å². The molecule has 0 bridgehead atoms. The summed E-state index contributed by atoms with van der Waals surface area (Å²) in [6.07, 6.45) is 1.08. The van der Waals surface area contributed by atoms with E-state index >= 15 is 0 Å². The van der Waals surface area contributed by atoms with Gasteiger partial charge in [0.1, 0.15) is 5.82 Å². The highest BCUT2D eigenvalue weighted by Crippen LogP contribution is 2.19. The first kappa shape index (κ1) is 14.5. The zero-order valence-corrected chi connectivity index (χ0v) is 11.2. The van der Waals surface area contributed by atoms with Crippen LogP contribution < -0.4 is 4.72 Å². The Balaban J connectivity index is 2.69. The van der Waals surface area contributed by atoms with E-state index in [1.807, 2.05) is 0 Å². The molecule has 1 aromatic carbocycles. The van der Waals surface area contributed by atoms with Crippen molar-refractivity contribution in [3.05, 3.63) is 29.0 Å². The van der Waals surface area contributed by atoms with Gasteiger partial charge in [-0.05, 0) is 31.0 Å². The van der Waals surface area contributed by atoms with Crippen LogP contribution in [0.1, 0.15) is 12.8 Å². The fourth-order valence-electron chi connectivity index (χ4n) is 1.23. The number of sulfonamides is 1. The average Bonchev–Trinajstić information content (AvgIpc) is 2.14. The van der Waals surface area contributed by atoms with Crippen LogP contribution in [0.3, 0.4) is 0 Å². The van der Waals surface area contributed by atoms with Crippen molar-refractivity contribution in [1.29, 1.82) is 0 Å². The summed E-state index contributed by atoms with van der Waals surface area (Å²) in [6.45, 7) is 0. The van der Waals surface area contributed by atoms with Gasteiger partial charge < -0.3 is 0 Å². The molecule has 1 rings (SSSR count). The molecule has 0 radical (unpaired) electrons. The summed E-state index contributed by atoms with van der Waals surface area (Å²) in [5.41, 5.74) is 0.126. The van der Waals surface area contributed by atoms with Gasteiger partial charge in [-0.1, -0.05) is 11.6 Å². The lowest BCUT2D eigenvalue weighted by Crippen LogP contribution is -2.16. The number of hydrogen-bond acceptors (Lipinski definition) is 2. The predicted octanol–water partition coefficient (Wildman–Crippen LogP) is 3.24. The second-order valence-electron chi connectivity index (χ2n) is 3.48. The molecule has 0 atom stereocenters. The SMILES string of the molecule is O=S(=O)(CCCCCl)Nc1cc(F)cc(Cl)c1. The van der Waals surface area contributed by atoms with Crippen molar-refractivity contribution in [2.75, 3.05) is 16.4 Å². The van der Waals surface area contributed by atoms with Gasteiger partial charge in [0.2, 0.25) is 10.0 Å². The Bertz CT molecular complexity index is 459. The van der Waals surface area contributed by atoms with E-state index in [1.165, 1.54) is 6.07 Å². The number of benzene rings is 1. The van der Waals surface area contributed by atoms with Crippen molar-refractivity contribution in [3.8, 4) is 0 Å². The summed E-state index contributed by atoms with van der Waals surface area (Å²) < 4.78 is 38.4. The molecule has 3 nitrogen and oxygen atoms in total. The number of rotatable bonds is 6. The highest BCUT2D eigenvalue weighted by atomic mass is 35.5. The minimum Gasteiger partial charge on any atom is -0.283 e. The molecule has 0 aromatic heterocycles. The number of nitrogens with one attached hydrogen (secondary N) is 1. The summed E-state index contributed by atoms with van der Waals surface area (Å²) in [5, 5.41) is 0.142. The van der Waals surface area contributed by atoms with Gasteiger partial charge in [0, 0.05) is 10.9 Å². The molecule has 0 saturated carbocycles. The molecule has 0 aliphatic rings. The average molecular weight is 300 g/mol. The third-order valence-electron chi connectivity index (χ3n) is 1.93. The fraction of sp³-hybridized carbons (Fsp3) is 0.400. The lowest BCUT2D eigenvalue weighted by molar-refractivity contribution is 0.598. The van der Waals surface area contributed by atoms with Crippen LogP contribution in [0, 0.1) is 5.82 Å². The van der Waals surface area contributed by atoms with Crippen LogP contribution in [0.15, 0.2) is 18.2 Å². The first-order valence-corrected chi connectivity index (χ1v) is 7.52. The van der Waals surface area contributed by atoms with E-state index in [0.29, 0.717) is 18.7 Å². The van der Waals surface area contributed by atoms with Crippen LogP contribution >= 0.6 is 23.2 Å². The molecule has 0 heterocycles. The molecule has 0 saturated heterocycles. The van der Waals surface area contributed by atoms with Crippen molar-refractivity contribution >= 4 is 38.9 Å². The van der Waals surface area contributed by atoms with Gasteiger partial charge in [-0.2, -0.15) is 0 Å². The van der Waals surface area contributed by atoms with Crippen LogP contribution in [-0.2, 0) is 10.0 Å². The second kappa shape index (κ2) is 6.42. The molecule has 96 valence electrons. The molecule has 0 amide bonds. The standard InChI is InChI=1S/C10H12Cl2FNO2S/c11-3-1-2-4-17(15,16)14-10-6-8(12)5-9(13)7-10/h5-7,14H,1-4H2. The molecule has 1 N–H and O–H groups in total. The largest absolute Gasteiger partial charge is 0.283 e. The molecule has 1 aromatic rings. The predicted molar refractivity (Wildman–Crippen MR) is 68.8 cm³/mol. The summed E-state index contributed by atoms with van der Waals surface area (Å²) >= 11 is 11.1. The molecule has 0 aliphatic heterocycles. The third kappa shape index (κ3) is 5.57. The first-order valence-electron chi connectivity index (χ1n) is 4.95. The minimum absolute atomic E-state index is 0.0478. The highest BCUT2D eigenvalue weighted by Gasteiger charge is 2.11. The Morgan fingerprint density at radius 3 is 2.53 bits per heavy atom. The molecule has 17 heavy (non-hydrogen) atoms. The van der Waals surface area contributed by atoms with E-state index < -0.39 is 15.8 Å². The van der Waals surface area contributed by atoms with Crippen LogP contribution in [0.25, 0.3) is 0 Å². The van der Waals surface area contributed by atoms with E-state index in [9.17, 15) is 12.8 Å². The number of halogens is 3. The summed E-state index contributed by atoms with van der Waals surface area (Å²) in [6, 6.07) is 3.53. The Kier molecular flexibility index (Phi) is 5.49. The van der Waals surface area contributed by atoms with E-state index in [1.54, 1.807) is 0 Å². The maximum Gasteiger partial charge on any atom is 0.232 e. The quantitative estimate of drug-likeness (QED) is 0.647. The van der Waals surface area contributed by atoms with E-state index in [4.69, 9.17) is 23.2 Å². The van der Waals surface area contributed by atoms with E-state index in [2.05, 4.69) is 4.72 Å². The minimum atomic E-state index is -3.47. The van der Waals surface area contributed by atoms with Crippen LogP contribution in [0.4, 0.5) is 10.1 Å². The van der Waals surface area contributed by atoms with Gasteiger partial charge in [-0.15, -0.1) is 11.6 Å². The van der Waals surface area contributed by atoms with Crippen molar-refractivity contribution in [3.63, 3.8) is 0 Å². The Labute approximate surface area is 110 Å². The number of anilines is 1. The fourth-order valence-corrected chi connectivity index (χ4v) is 2.80. The van der Waals surface area contributed by atoms with Gasteiger partial charge >= 0.3 is 0 Å². The van der Waals surface area contributed by atoms with Gasteiger partial charge in [0.05, 0.1) is 11.4 Å². The lowest BCUT2D eigenvalue weighted by atomic mass is 10.3. The third-order valence-corrected chi connectivity index (χ3v) is 3.79. The maximum atomic E-state index is 13.0. The van der Waals surface area contributed by atoms with Crippen molar-refractivity contribution in [1.82, 2.24) is 0 Å². The summed E-state index contributed by atoms with van der Waals surface area (Å²) in [4.78, 5) is 0. The highest BCUT2D eigenvalue weighted by molar-refractivity contribution is 7.92. The molecule has 7 heteroatoms. The van der Waals surface area contributed by atoms with E-state index in [-0.39, 0.29) is 16.5 Å². The summed E-state index contributed by atoms with van der Waals surface area (Å²) in [5.74, 6) is -0.217. The second-order valence-corrected chi connectivity index (χ2v) is 6.13. The number of alkyl halides is 1. The van der Waals surface area contributed by atoms with Crippen LogP contribution in [-0.4, -0.2) is 20.1 Å². The monoisotopic (exact) mass is 299 g/mol. The maximum absolute atomic E-state index is 13.0. The van der Waals surface area contributed by atoms with Crippen molar-refractivity contribution in [2.45, 2.75) is 12.8 Å². The first-order chi connectivity index (χ1) is 7.93. The van der Waals surface area contributed by atoms with Gasteiger partial charge in [0.25, 0.3) is 0 Å². The van der Waals surface area contributed by atoms with Gasteiger partial charge in [-0.25, -0.2) is 12.8 Å². The Morgan fingerprint density at radius 1 is 1.24 bits per heavy atom. The molecule has 0 aliphatic carbocycles. The van der Waals surface area contributed by atoms with Gasteiger partial charge in [-0.3, -0.25) is 4.72 Å². The Hall–Kier alpha value is -0.520. The normalized spacial score (nSPS) is 11.5. The molecular formula is C10H12Cl2FNO2S. The Morgan fingerprint density at radius 2 is 1.94 bits per heavy atom. The molecule has 0 fully saturated rings. The molecule has 0 spiro atoms. The summed E-state index contributed by atoms with van der Waals surface area (Å²) in [7, 11) is -3.47. The van der Waals surface area contributed by atoms with Crippen LogP contribution in [0.2, 0.25) is 5.02 Å². The lowest BCUT2D eigenvalue weighted by Gasteiger charge is -2.08. The zero-order valence-electron chi connectivity index (χ0n) is 8.92. The molecule has 0 unspecified atom stereocenters. The van der Waals surface area contributed by atoms with Crippen molar-refractivity contribution in [2.24, 2.45) is 0 Å². The van der Waals surface area contributed by atoms with E-state index in [0.717, 1.165) is 12.1 Å².